The Labute approximate surface area is 126 Å². The van der Waals surface area contributed by atoms with E-state index in [1.165, 1.54) is 12.1 Å². The van der Waals surface area contributed by atoms with E-state index in [-0.39, 0.29) is 10.7 Å². The van der Waals surface area contributed by atoms with E-state index >= 15 is 0 Å². The Hall–Kier alpha value is -1.60. The predicted molar refractivity (Wildman–Crippen MR) is 77.1 cm³/mol. The molecule has 0 aliphatic rings. The van der Waals surface area contributed by atoms with E-state index in [2.05, 4.69) is 21.1 Å². The Morgan fingerprint density at radius 2 is 1.85 bits per heavy atom. The van der Waals surface area contributed by atoms with Gasteiger partial charge < -0.3 is 10.9 Å². The van der Waals surface area contributed by atoms with Gasteiger partial charge in [-0.2, -0.15) is 0 Å². The highest BCUT2D eigenvalue weighted by atomic mass is 79.9. The van der Waals surface area contributed by atoms with Crippen molar-refractivity contribution in [3.8, 4) is 0 Å². The minimum Gasteiger partial charge on any atom is -0.409 e. The Morgan fingerprint density at radius 3 is 2.50 bits per heavy atom. The Bertz CT molecular complexity index is 679. The number of amidine groups is 1. The molecule has 2 aromatic rings. The number of hydrogen-bond acceptors (Lipinski definition) is 3. The first-order chi connectivity index (χ1) is 9.51. The fourth-order valence-electron chi connectivity index (χ4n) is 1.52. The summed E-state index contributed by atoms with van der Waals surface area (Å²) in [6.07, 6.45) is 0. The van der Waals surface area contributed by atoms with Crippen LogP contribution < -0.4 is 5.73 Å². The smallest absolute Gasteiger partial charge is 0.171 e. The van der Waals surface area contributed by atoms with Crippen molar-refractivity contribution in [1.82, 2.24) is 0 Å². The number of oxime groups is 1. The lowest BCUT2D eigenvalue weighted by Gasteiger charge is -2.09. The molecule has 2 rings (SSSR count). The highest BCUT2D eigenvalue weighted by molar-refractivity contribution is 9.10. The van der Waals surface area contributed by atoms with Crippen molar-refractivity contribution in [2.24, 2.45) is 10.9 Å². The van der Waals surface area contributed by atoms with Crippen molar-refractivity contribution in [2.45, 2.75) is 9.79 Å². The normalized spacial score (nSPS) is 11.7. The van der Waals surface area contributed by atoms with Crippen molar-refractivity contribution in [3.05, 3.63) is 58.1 Å². The molecule has 0 fully saturated rings. The average Bonchev–Trinajstić information content (AvgIpc) is 2.42. The lowest BCUT2D eigenvalue weighted by atomic mass is 10.2. The van der Waals surface area contributed by atoms with Gasteiger partial charge in [-0.05, 0) is 30.3 Å². The van der Waals surface area contributed by atoms with E-state index in [0.717, 1.165) is 22.3 Å². The number of nitrogens with two attached hydrogens (primary N) is 1. The topological polar surface area (TPSA) is 58.6 Å². The molecule has 0 saturated heterocycles. The molecule has 0 radical (unpaired) electrons. The van der Waals surface area contributed by atoms with Gasteiger partial charge in [0.1, 0.15) is 11.6 Å². The summed E-state index contributed by atoms with van der Waals surface area (Å²) in [5.41, 5.74) is 6.05. The second-order valence-electron chi connectivity index (χ2n) is 3.80. The molecule has 0 saturated carbocycles. The standard InChI is InChI=1S/C13H9BrF2N2OS/c14-7-1-3-11(9(5-7)13(17)18-19)20-12-4-2-8(15)6-10(12)16/h1-6,19H,(H2,17,18). The molecule has 0 heterocycles. The summed E-state index contributed by atoms with van der Waals surface area (Å²) in [6.45, 7) is 0. The third-order valence-corrected chi connectivity index (χ3v) is 4.06. The number of nitrogens with zero attached hydrogens (tertiary/aromatic N) is 1. The number of rotatable bonds is 3. The van der Waals surface area contributed by atoms with Crippen LogP contribution in [0.5, 0.6) is 0 Å². The first kappa shape index (κ1) is 14.8. The molecule has 0 aliphatic heterocycles. The van der Waals surface area contributed by atoms with Crippen LogP contribution in [0.15, 0.2) is 55.8 Å². The maximum Gasteiger partial charge on any atom is 0.171 e. The van der Waals surface area contributed by atoms with Crippen LogP contribution in [-0.4, -0.2) is 11.0 Å². The zero-order valence-electron chi connectivity index (χ0n) is 9.98. The van der Waals surface area contributed by atoms with Crippen molar-refractivity contribution in [1.29, 1.82) is 0 Å². The van der Waals surface area contributed by atoms with Gasteiger partial charge >= 0.3 is 0 Å². The summed E-state index contributed by atoms with van der Waals surface area (Å²) in [5.74, 6) is -1.39. The van der Waals surface area contributed by atoms with Crippen molar-refractivity contribution in [2.75, 3.05) is 0 Å². The second kappa shape index (κ2) is 6.23. The highest BCUT2D eigenvalue weighted by Gasteiger charge is 2.12. The van der Waals surface area contributed by atoms with Crippen molar-refractivity contribution >= 4 is 33.5 Å². The quantitative estimate of drug-likeness (QED) is 0.377. The molecule has 0 spiro atoms. The van der Waals surface area contributed by atoms with Gasteiger partial charge in [-0.25, -0.2) is 8.78 Å². The van der Waals surface area contributed by atoms with Crippen LogP contribution in [0.4, 0.5) is 8.78 Å². The van der Waals surface area contributed by atoms with Gasteiger partial charge in [-0.3, -0.25) is 0 Å². The maximum atomic E-state index is 13.6. The predicted octanol–water partition coefficient (Wildman–Crippen LogP) is 3.97. The highest BCUT2D eigenvalue weighted by Crippen LogP contribution is 2.33. The minimum absolute atomic E-state index is 0.0867. The number of hydrogen-bond donors (Lipinski definition) is 2. The van der Waals surface area contributed by atoms with Crippen molar-refractivity contribution < 1.29 is 14.0 Å². The third-order valence-electron chi connectivity index (χ3n) is 2.44. The zero-order chi connectivity index (χ0) is 14.7. The summed E-state index contributed by atoms with van der Waals surface area (Å²) < 4.78 is 27.3. The molecule has 7 heteroatoms. The summed E-state index contributed by atoms with van der Waals surface area (Å²) in [4.78, 5) is 0.842. The molecule has 0 aromatic heterocycles. The van der Waals surface area contributed by atoms with E-state index in [1.807, 2.05) is 0 Å². The molecule has 2 aromatic carbocycles. The van der Waals surface area contributed by atoms with E-state index in [9.17, 15) is 8.78 Å². The number of halogens is 3. The molecule has 20 heavy (non-hydrogen) atoms. The van der Waals surface area contributed by atoms with Crippen LogP contribution in [0.25, 0.3) is 0 Å². The van der Waals surface area contributed by atoms with Gasteiger partial charge in [0.05, 0.1) is 0 Å². The van der Waals surface area contributed by atoms with Crippen LogP contribution in [0.1, 0.15) is 5.56 Å². The SMILES string of the molecule is N/C(=N/O)c1cc(Br)ccc1Sc1ccc(F)cc1F. The maximum absolute atomic E-state index is 13.6. The molecule has 0 atom stereocenters. The minimum atomic E-state index is -0.664. The molecule has 0 unspecified atom stereocenters. The van der Waals surface area contributed by atoms with Gasteiger partial charge in [-0.1, -0.05) is 32.8 Å². The monoisotopic (exact) mass is 358 g/mol. The molecule has 0 amide bonds. The molecular weight excluding hydrogens is 350 g/mol. The van der Waals surface area contributed by atoms with E-state index in [1.54, 1.807) is 18.2 Å². The van der Waals surface area contributed by atoms with Gasteiger partial charge in [0.15, 0.2) is 5.84 Å². The molecule has 3 nitrogen and oxygen atoms in total. The first-order valence-electron chi connectivity index (χ1n) is 5.41. The Balaban J connectivity index is 2.43. The van der Waals surface area contributed by atoms with Gasteiger partial charge in [-0.15, -0.1) is 0 Å². The lowest BCUT2D eigenvalue weighted by Crippen LogP contribution is -2.14. The lowest BCUT2D eigenvalue weighted by molar-refractivity contribution is 0.318. The average molecular weight is 359 g/mol. The van der Waals surface area contributed by atoms with E-state index < -0.39 is 11.6 Å². The Kier molecular flexibility index (Phi) is 4.61. The summed E-state index contributed by atoms with van der Waals surface area (Å²) >= 11 is 4.35. The Morgan fingerprint density at radius 1 is 1.15 bits per heavy atom. The van der Waals surface area contributed by atoms with Crippen LogP contribution in [0.2, 0.25) is 0 Å². The van der Waals surface area contributed by atoms with E-state index in [0.29, 0.717) is 10.5 Å². The van der Waals surface area contributed by atoms with Gasteiger partial charge in [0, 0.05) is 25.9 Å². The van der Waals surface area contributed by atoms with Crippen LogP contribution in [0, 0.1) is 11.6 Å². The fourth-order valence-corrected chi connectivity index (χ4v) is 2.82. The summed E-state index contributed by atoms with van der Waals surface area (Å²) in [6, 6.07) is 8.42. The summed E-state index contributed by atoms with van der Waals surface area (Å²) in [7, 11) is 0. The number of benzene rings is 2. The summed E-state index contributed by atoms with van der Waals surface area (Å²) in [5, 5.41) is 11.7. The zero-order valence-corrected chi connectivity index (χ0v) is 12.4. The van der Waals surface area contributed by atoms with Crippen LogP contribution >= 0.6 is 27.7 Å². The molecular formula is C13H9BrF2N2OS. The molecule has 3 N–H and O–H groups in total. The van der Waals surface area contributed by atoms with Crippen LogP contribution in [-0.2, 0) is 0 Å². The van der Waals surface area contributed by atoms with Crippen LogP contribution in [0.3, 0.4) is 0 Å². The molecule has 104 valence electrons. The van der Waals surface area contributed by atoms with E-state index in [4.69, 9.17) is 10.9 Å². The third kappa shape index (κ3) is 3.29. The fraction of sp³-hybridized carbons (Fsp3) is 0. The molecule has 0 aliphatic carbocycles. The van der Waals surface area contributed by atoms with Crippen molar-refractivity contribution in [3.63, 3.8) is 0 Å². The van der Waals surface area contributed by atoms with Gasteiger partial charge in [0.25, 0.3) is 0 Å². The first-order valence-corrected chi connectivity index (χ1v) is 7.02. The van der Waals surface area contributed by atoms with Gasteiger partial charge in [0.2, 0.25) is 0 Å². The second-order valence-corrected chi connectivity index (χ2v) is 5.80. The largest absolute Gasteiger partial charge is 0.409 e. The molecule has 0 bridgehead atoms.